The number of alkyl halides is 3. The zero-order valence-corrected chi connectivity index (χ0v) is 18.6. The number of rotatable bonds is 6. The van der Waals surface area contributed by atoms with Gasteiger partial charge in [-0.05, 0) is 19.1 Å². The minimum atomic E-state index is -4.65. The van der Waals surface area contributed by atoms with E-state index < -0.39 is 27.1 Å². The summed E-state index contributed by atoms with van der Waals surface area (Å²) in [7, 11) is -3.66. The van der Waals surface area contributed by atoms with Gasteiger partial charge in [0, 0.05) is 39.0 Å². The van der Waals surface area contributed by atoms with E-state index in [1.165, 1.54) is 21.3 Å². The highest BCUT2D eigenvalue weighted by Crippen LogP contribution is 2.33. The Morgan fingerprint density at radius 2 is 1.69 bits per heavy atom. The van der Waals surface area contributed by atoms with Crippen molar-refractivity contribution >= 4 is 38.3 Å². The molecule has 1 aliphatic rings. The number of nitrogens with one attached hydrogen (secondary N) is 1. The Hall–Kier alpha value is -2.58. The van der Waals surface area contributed by atoms with Crippen molar-refractivity contribution in [3.63, 3.8) is 0 Å². The maximum Gasteiger partial charge on any atom is 0.445 e. The van der Waals surface area contributed by atoms with Crippen LogP contribution in [-0.2, 0) is 25.8 Å². The van der Waals surface area contributed by atoms with Gasteiger partial charge in [0.15, 0.2) is 0 Å². The van der Waals surface area contributed by atoms with Gasteiger partial charge in [0.25, 0.3) is 0 Å². The number of sulfonamides is 1. The number of nitrogens with zero attached hydrogens (tertiary/aromatic N) is 4. The Bertz CT molecular complexity index is 1080. The van der Waals surface area contributed by atoms with E-state index in [2.05, 4.69) is 15.5 Å². The molecule has 3 rings (SSSR count). The zero-order chi connectivity index (χ0) is 23.5. The molecule has 1 aromatic carbocycles. The molecule has 9 nitrogen and oxygen atoms in total. The van der Waals surface area contributed by atoms with Gasteiger partial charge in [-0.3, -0.25) is 9.59 Å². The lowest BCUT2D eigenvalue weighted by molar-refractivity contribution is -0.138. The van der Waals surface area contributed by atoms with Crippen LogP contribution in [0.15, 0.2) is 29.2 Å². The van der Waals surface area contributed by atoms with Crippen LogP contribution in [0.2, 0.25) is 0 Å². The largest absolute Gasteiger partial charge is 0.445 e. The molecule has 1 N–H and O–H groups in total. The molecule has 2 heterocycles. The molecule has 0 spiro atoms. The molecule has 0 radical (unpaired) electrons. The third-order valence-electron chi connectivity index (χ3n) is 4.73. The van der Waals surface area contributed by atoms with Gasteiger partial charge in [-0.25, -0.2) is 8.42 Å². The Morgan fingerprint density at radius 3 is 2.25 bits per heavy atom. The van der Waals surface area contributed by atoms with Crippen molar-refractivity contribution in [3.05, 3.63) is 34.8 Å². The van der Waals surface area contributed by atoms with Gasteiger partial charge in [-0.15, -0.1) is 10.2 Å². The fourth-order valence-electron chi connectivity index (χ4n) is 2.99. The molecule has 32 heavy (non-hydrogen) atoms. The van der Waals surface area contributed by atoms with Gasteiger partial charge in [0.05, 0.1) is 4.90 Å². The summed E-state index contributed by atoms with van der Waals surface area (Å²) >= 11 is 0.195. The highest BCUT2D eigenvalue weighted by atomic mass is 32.2. The van der Waals surface area contributed by atoms with Crippen molar-refractivity contribution in [2.45, 2.75) is 30.8 Å². The van der Waals surface area contributed by atoms with Crippen LogP contribution in [0.5, 0.6) is 0 Å². The summed E-state index contributed by atoms with van der Waals surface area (Å²) < 4.78 is 64.3. The number of hydrogen-bond donors (Lipinski definition) is 1. The first kappa shape index (κ1) is 24.1. The van der Waals surface area contributed by atoms with Crippen molar-refractivity contribution in [2.75, 3.05) is 31.5 Å². The minimum absolute atomic E-state index is 0.124. The highest BCUT2D eigenvalue weighted by Gasteiger charge is 2.36. The summed E-state index contributed by atoms with van der Waals surface area (Å²) in [6.45, 7) is 2.46. The normalized spacial score (nSPS) is 15.6. The molecule has 1 aromatic heterocycles. The molecule has 2 amide bonds. The number of piperazine rings is 1. The molecule has 174 valence electrons. The lowest BCUT2D eigenvalue weighted by atomic mass is 10.2. The second-order valence-corrected chi connectivity index (χ2v) is 9.97. The van der Waals surface area contributed by atoms with Crippen LogP contribution < -0.4 is 5.32 Å². The van der Waals surface area contributed by atoms with Crippen LogP contribution in [0.3, 0.4) is 0 Å². The first-order chi connectivity index (χ1) is 15.0. The van der Waals surface area contributed by atoms with Crippen LogP contribution in [0, 0.1) is 6.92 Å². The molecule has 0 unspecified atom stereocenters. The molecular weight excluding hydrogens is 471 g/mol. The van der Waals surface area contributed by atoms with Crippen molar-refractivity contribution in [2.24, 2.45) is 0 Å². The predicted octanol–water partition coefficient (Wildman–Crippen LogP) is 2.12. The second kappa shape index (κ2) is 9.50. The summed E-state index contributed by atoms with van der Waals surface area (Å²) in [5.41, 5.74) is 0.940. The zero-order valence-electron chi connectivity index (χ0n) is 16.9. The van der Waals surface area contributed by atoms with Gasteiger partial charge in [0.1, 0.15) is 0 Å². The number of hydrogen-bond acceptors (Lipinski definition) is 7. The molecule has 1 fully saturated rings. The maximum atomic E-state index is 12.7. The average molecular weight is 492 g/mol. The molecule has 1 saturated heterocycles. The fourth-order valence-corrected chi connectivity index (χ4v) is 5.04. The van der Waals surface area contributed by atoms with Crippen LogP contribution in [0.1, 0.15) is 23.4 Å². The molecule has 0 atom stereocenters. The van der Waals surface area contributed by atoms with Gasteiger partial charge in [-0.2, -0.15) is 17.5 Å². The first-order valence-electron chi connectivity index (χ1n) is 9.52. The number of carbonyl (C=O) groups excluding carboxylic acids is 2. The van der Waals surface area contributed by atoms with E-state index in [4.69, 9.17) is 0 Å². The average Bonchev–Trinajstić information content (AvgIpc) is 3.21. The van der Waals surface area contributed by atoms with E-state index >= 15 is 0 Å². The van der Waals surface area contributed by atoms with E-state index in [0.29, 0.717) is 0 Å². The lowest BCUT2D eigenvalue weighted by Crippen LogP contribution is -2.50. The van der Waals surface area contributed by atoms with Gasteiger partial charge >= 0.3 is 6.18 Å². The third-order valence-corrected chi connectivity index (χ3v) is 7.53. The number of aromatic nitrogens is 2. The Balaban J connectivity index is 1.46. The number of benzene rings is 1. The van der Waals surface area contributed by atoms with Crippen molar-refractivity contribution in [1.82, 2.24) is 19.4 Å². The van der Waals surface area contributed by atoms with Crippen molar-refractivity contribution in [3.8, 4) is 0 Å². The Kier molecular flexibility index (Phi) is 7.15. The second-order valence-electron chi connectivity index (χ2n) is 7.06. The fraction of sp³-hybridized carbons (Fsp3) is 0.444. The Labute approximate surface area is 186 Å². The molecule has 0 bridgehead atoms. The van der Waals surface area contributed by atoms with Crippen LogP contribution in [0.25, 0.3) is 0 Å². The smallest absolute Gasteiger partial charge is 0.340 e. The Morgan fingerprint density at radius 1 is 1.06 bits per heavy atom. The number of carbonyl (C=O) groups is 2. The first-order valence-corrected chi connectivity index (χ1v) is 11.8. The summed E-state index contributed by atoms with van der Waals surface area (Å²) in [5.74, 6) is -1.01. The van der Waals surface area contributed by atoms with E-state index in [1.54, 1.807) is 12.1 Å². The minimum Gasteiger partial charge on any atom is -0.340 e. The van der Waals surface area contributed by atoms with Crippen molar-refractivity contribution < 1.29 is 31.2 Å². The van der Waals surface area contributed by atoms with Crippen LogP contribution in [0.4, 0.5) is 18.3 Å². The van der Waals surface area contributed by atoms with Crippen LogP contribution in [-0.4, -0.2) is 65.8 Å². The maximum absolute atomic E-state index is 12.7. The third kappa shape index (κ3) is 5.81. The van der Waals surface area contributed by atoms with Gasteiger partial charge < -0.3 is 10.2 Å². The summed E-state index contributed by atoms with van der Waals surface area (Å²) in [6, 6.07) is 6.50. The van der Waals surface area contributed by atoms with E-state index in [9.17, 15) is 31.2 Å². The molecular formula is C18H20F3N5O4S2. The molecule has 14 heteroatoms. The molecule has 0 aliphatic carbocycles. The lowest BCUT2D eigenvalue weighted by Gasteiger charge is -2.34. The van der Waals surface area contributed by atoms with Gasteiger partial charge in [0.2, 0.25) is 32.0 Å². The summed E-state index contributed by atoms with van der Waals surface area (Å²) in [4.78, 5) is 25.9. The number of anilines is 1. The SMILES string of the molecule is Cc1ccc(S(=O)(=O)N2CCN(C(=O)CCC(=O)Nc3nnc(C(F)(F)F)s3)CC2)cc1. The standard InChI is InChI=1S/C18H20F3N5O4S2/c1-12-2-4-13(5-3-12)32(29,30)26-10-8-25(9-11-26)15(28)7-6-14(27)22-17-24-23-16(31-17)18(19,20)21/h2-5H,6-11H2,1H3,(H,22,24,27). The van der Waals surface area contributed by atoms with E-state index in [-0.39, 0.29) is 66.3 Å². The van der Waals surface area contributed by atoms with E-state index in [1.807, 2.05) is 6.92 Å². The topological polar surface area (TPSA) is 113 Å². The monoisotopic (exact) mass is 491 g/mol. The van der Waals surface area contributed by atoms with Crippen molar-refractivity contribution in [1.29, 1.82) is 0 Å². The van der Waals surface area contributed by atoms with E-state index in [0.717, 1.165) is 5.56 Å². The number of aryl methyl sites for hydroxylation is 1. The number of halogens is 3. The van der Waals surface area contributed by atoms with Crippen LogP contribution >= 0.6 is 11.3 Å². The predicted molar refractivity (Wildman–Crippen MR) is 109 cm³/mol. The molecule has 1 aliphatic heterocycles. The molecule has 0 saturated carbocycles. The van der Waals surface area contributed by atoms with Gasteiger partial charge in [-0.1, -0.05) is 29.0 Å². The highest BCUT2D eigenvalue weighted by molar-refractivity contribution is 7.89. The summed E-state index contributed by atoms with van der Waals surface area (Å²) in [5, 5.41) is 6.93. The number of amides is 2. The quantitative estimate of drug-likeness (QED) is 0.663. The molecule has 2 aromatic rings. The summed E-state index contributed by atoms with van der Waals surface area (Å²) in [6.07, 6.45) is -5.06.